The average Bonchev–Trinajstić information content (AvgIpc) is 2.37. The van der Waals surface area contributed by atoms with Crippen molar-refractivity contribution in [3.05, 3.63) is 29.3 Å². The summed E-state index contributed by atoms with van der Waals surface area (Å²) in [5.74, 6) is 0. The van der Waals surface area contributed by atoms with Crippen LogP contribution in [0.2, 0.25) is 5.02 Å². The Bertz CT molecular complexity index is 506. The van der Waals surface area contributed by atoms with E-state index >= 15 is 0 Å². The van der Waals surface area contributed by atoms with Gasteiger partial charge in [0.15, 0.2) is 0 Å². The molecule has 0 N–H and O–H groups in total. The maximum Gasteiger partial charge on any atom is 0.283 e. The SMILES string of the molecule is CCCN(C=NS(=O)(=O)c1ccc(Cl)cc1)CCC. The number of rotatable bonds is 7. The smallest absolute Gasteiger partial charge is 0.283 e. The molecule has 6 heteroatoms. The van der Waals surface area contributed by atoms with E-state index in [1.807, 2.05) is 18.7 Å². The minimum absolute atomic E-state index is 0.154. The lowest BCUT2D eigenvalue weighted by molar-refractivity contribution is 0.429. The highest BCUT2D eigenvalue weighted by Gasteiger charge is 2.11. The van der Waals surface area contributed by atoms with Crippen LogP contribution in [-0.2, 0) is 10.0 Å². The monoisotopic (exact) mass is 302 g/mol. The van der Waals surface area contributed by atoms with Gasteiger partial charge in [-0.1, -0.05) is 25.4 Å². The Morgan fingerprint density at radius 1 is 1.16 bits per heavy atom. The van der Waals surface area contributed by atoms with Gasteiger partial charge in [0.2, 0.25) is 0 Å². The van der Waals surface area contributed by atoms with Crippen LogP contribution >= 0.6 is 11.6 Å². The summed E-state index contributed by atoms with van der Waals surface area (Å²) in [4.78, 5) is 2.06. The molecule has 4 nitrogen and oxygen atoms in total. The first-order valence-corrected chi connectivity index (χ1v) is 8.11. The van der Waals surface area contributed by atoms with Crippen molar-refractivity contribution >= 4 is 28.0 Å². The van der Waals surface area contributed by atoms with Gasteiger partial charge in [-0.3, -0.25) is 0 Å². The van der Waals surface area contributed by atoms with Crippen molar-refractivity contribution in [1.29, 1.82) is 0 Å². The Balaban J connectivity index is 2.85. The molecule has 0 unspecified atom stereocenters. The van der Waals surface area contributed by atoms with Gasteiger partial charge in [0.25, 0.3) is 10.0 Å². The Kier molecular flexibility index (Phi) is 6.31. The van der Waals surface area contributed by atoms with Gasteiger partial charge in [-0.25, -0.2) is 0 Å². The molecule has 0 aromatic heterocycles. The molecule has 0 radical (unpaired) electrons. The summed E-state index contributed by atoms with van der Waals surface area (Å²) < 4.78 is 27.7. The van der Waals surface area contributed by atoms with Crippen LogP contribution in [0.5, 0.6) is 0 Å². The van der Waals surface area contributed by atoms with Crippen LogP contribution in [0, 0.1) is 0 Å². The maximum atomic E-state index is 12.0. The van der Waals surface area contributed by atoms with E-state index in [1.54, 1.807) is 12.1 Å². The fourth-order valence-corrected chi connectivity index (χ4v) is 2.58. The molecule has 0 saturated carbocycles. The number of halogens is 1. The van der Waals surface area contributed by atoms with E-state index < -0.39 is 10.0 Å². The number of nitrogens with zero attached hydrogens (tertiary/aromatic N) is 2. The molecule has 0 aliphatic heterocycles. The van der Waals surface area contributed by atoms with Crippen LogP contribution in [-0.4, -0.2) is 32.7 Å². The summed E-state index contributed by atoms with van der Waals surface area (Å²) in [7, 11) is -3.64. The predicted molar refractivity (Wildman–Crippen MR) is 79.3 cm³/mol. The molecule has 19 heavy (non-hydrogen) atoms. The molecule has 1 rings (SSSR count). The quantitative estimate of drug-likeness (QED) is 0.574. The molecule has 0 saturated heterocycles. The van der Waals surface area contributed by atoms with E-state index in [4.69, 9.17) is 11.6 Å². The highest BCUT2D eigenvalue weighted by Crippen LogP contribution is 2.15. The Hall–Kier alpha value is -1.07. The van der Waals surface area contributed by atoms with Crippen molar-refractivity contribution in [3.63, 3.8) is 0 Å². The van der Waals surface area contributed by atoms with Crippen LogP contribution in [0.3, 0.4) is 0 Å². The lowest BCUT2D eigenvalue weighted by atomic mass is 10.4. The molecule has 0 aliphatic rings. The van der Waals surface area contributed by atoms with Gasteiger partial charge in [-0.05, 0) is 37.1 Å². The minimum Gasteiger partial charge on any atom is -0.362 e. The molecule has 0 amide bonds. The third-order valence-corrected chi connectivity index (χ3v) is 3.97. The van der Waals surface area contributed by atoms with Gasteiger partial charge in [0.05, 0.1) is 4.90 Å². The van der Waals surface area contributed by atoms with Gasteiger partial charge in [-0.15, -0.1) is 4.40 Å². The lowest BCUT2D eigenvalue weighted by Gasteiger charge is -2.17. The first-order chi connectivity index (χ1) is 8.99. The molecular formula is C13H19ClN2O2S. The van der Waals surface area contributed by atoms with Gasteiger partial charge in [0, 0.05) is 18.1 Å². The van der Waals surface area contributed by atoms with Crippen molar-refractivity contribution in [2.75, 3.05) is 13.1 Å². The van der Waals surface area contributed by atoms with Crippen molar-refractivity contribution in [2.24, 2.45) is 4.40 Å². The van der Waals surface area contributed by atoms with Crippen LogP contribution < -0.4 is 0 Å². The standard InChI is InChI=1S/C13H19ClN2O2S/c1-3-9-16(10-4-2)11-15-19(17,18)13-7-5-12(14)6-8-13/h5-8,11H,3-4,9-10H2,1-2H3. The molecule has 0 heterocycles. The summed E-state index contributed by atoms with van der Waals surface area (Å²) in [5, 5.41) is 0.501. The average molecular weight is 303 g/mol. The van der Waals surface area contributed by atoms with Gasteiger partial charge < -0.3 is 4.90 Å². The molecule has 0 fully saturated rings. The second kappa shape index (κ2) is 7.50. The van der Waals surface area contributed by atoms with E-state index in [2.05, 4.69) is 4.40 Å². The summed E-state index contributed by atoms with van der Waals surface area (Å²) in [6.45, 7) is 5.69. The summed E-state index contributed by atoms with van der Waals surface area (Å²) >= 11 is 5.73. The van der Waals surface area contributed by atoms with Gasteiger partial charge >= 0.3 is 0 Å². The summed E-state index contributed by atoms with van der Waals surface area (Å²) in [5.41, 5.74) is 0. The van der Waals surface area contributed by atoms with Crippen molar-refractivity contribution < 1.29 is 8.42 Å². The summed E-state index contributed by atoms with van der Waals surface area (Å²) in [6.07, 6.45) is 3.32. The van der Waals surface area contributed by atoms with E-state index in [0.717, 1.165) is 25.9 Å². The molecule has 106 valence electrons. The topological polar surface area (TPSA) is 49.7 Å². The van der Waals surface area contributed by atoms with E-state index in [-0.39, 0.29) is 4.90 Å². The number of hydrogen-bond donors (Lipinski definition) is 0. The molecule has 1 aromatic rings. The fourth-order valence-electron chi connectivity index (χ4n) is 1.60. The summed E-state index contributed by atoms with van der Waals surface area (Å²) in [6, 6.07) is 6.00. The number of hydrogen-bond acceptors (Lipinski definition) is 2. The largest absolute Gasteiger partial charge is 0.362 e. The highest BCUT2D eigenvalue weighted by molar-refractivity contribution is 7.90. The second-order valence-electron chi connectivity index (χ2n) is 4.19. The number of benzene rings is 1. The minimum atomic E-state index is -3.64. The zero-order chi connectivity index (χ0) is 14.3. The highest BCUT2D eigenvalue weighted by atomic mass is 35.5. The molecule has 0 spiro atoms. The third kappa shape index (κ3) is 5.20. The second-order valence-corrected chi connectivity index (χ2v) is 6.25. The molecular weight excluding hydrogens is 284 g/mol. The van der Waals surface area contributed by atoms with Crippen LogP contribution in [0.25, 0.3) is 0 Å². The van der Waals surface area contributed by atoms with Crippen LogP contribution in [0.1, 0.15) is 26.7 Å². The fraction of sp³-hybridized carbons (Fsp3) is 0.462. The van der Waals surface area contributed by atoms with Crippen molar-refractivity contribution in [3.8, 4) is 0 Å². The first-order valence-electron chi connectivity index (χ1n) is 6.29. The normalized spacial score (nSPS) is 11.9. The van der Waals surface area contributed by atoms with E-state index in [1.165, 1.54) is 18.5 Å². The van der Waals surface area contributed by atoms with Gasteiger partial charge in [-0.2, -0.15) is 8.42 Å². The van der Waals surface area contributed by atoms with E-state index in [9.17, 15) is 8.42 Å². The Labute approximate surface area is 120 Å². The van der Waals surface area contributed by atoms with E-state index in [0.29, 0.717) is 5.02 Å². The third-order valence-electron chi connectivity index (χ3n) is 2.48. The van der Waals surface area contributed by atoms with Crippen molar-refractivity contribution in [2.45, 2.75) is 31.6 Å². The lowest BCUT2D eigenvalue weighted by Crippen LogP contribution is -2.24. The molecule has 0 aliphatic carbocycles. The zero-order valence-corrected chi connectivity index (χ0v) is 12.8. The molecule has 0 atom stereocenters. The molecule has 1 aromatic carbocycles. The van der Waals surface area contributed by atoms with Gasteiger partial charge in [0.1, 0.15) is 6.34 Å². The zero-order valence-electron chi connectivity index (χ0n) is 11.2. The van der Waals surface area contributed by atoms with Crippen LogP contribution in [0.15, 0.2) is 33.6 Å². The van der Waals surface area contributed by atoms with Crippen LogP contribution in [0.4, 0.5) is 0 Å². The maximum absolute atomic E-state index is 12.0. The Morgan fingerprint density at radius 3 is 2.16 bits per heavy atom. The Morgan fingerprint density at radius 2 is 1.68 bits per heavy atom. The first kappa shape index (κ1) is 16.0. The predicted octanol–water partition coefficient (Wildman–Crippen LogP) is 3.18. The van der Waals surface area contributed by atoms with Crippen molar-refractivity contribution in [1.82, 2.24) is 4.90 Å². The number of sulfonamides is 1. The molecule has 0 bridgehead atoms.